The standard InChI is InChI=1S/C13H16N2O.4BFH2O2/c1-2-16-13-10-12(14-8-9-15-13)11-6-4-3-5-7-11;4*2-1(3)4/h3-7,10,14H,2,8-9H2,1H3;4*3-4H. The minimum atomic E-state index is -2.67. The molecule has 0 amide bonds. The zero-order chi connectivity index (χ0) is 25.5. The van der Waals surface area contributed by atoms with Gasteiger partial charge in [0.15, 0.2) is 0 Å². The molecule has 0 spiro atoms. The smallest absolute Gasteiger partial charge is 0.478 e. The molecule has 19 heteroatoms. The minimum absolute atomic E-state index is 0.650. The topological polar surface area (TPSA) is 195 Å². The van der Waals surface area contributed by atoms with Crippen molar-refractivity contribution < 1.29 is 62.2 Å². The van der Waals surface area contributed by atoms with Crippen LogP contribution >= 0.6 is 0 Å². The van der Waals surface area contributed by atoms with Crippen LogP contribution in [0.4, 0.5) is 17.3 Å². The van der Waals surface area contributed by atoms with Gasteiger partial charge in [-0.1, -0.05) is 30.3 Å². The molecule has 0 aliphatic carbocycles. The molecule has 1 aromatic carbocycles. The van der Waals surface area contributed by atoms with Gasteiger partial charge in [0.1, 0.15) is 0 Å². The summed E-state index contributed by atoms with van der Waals surface area (Å²) in [5, 5.41) is 58.9. The lowest BCUT2D eigenvalue weighted by Gasteiger charge is -2.08. The van der Waals surface area contributed by atoms with Crippen molar-refractivity contribution in [1.29, 1.82) is 0 Å². The first-order valence-corrected chi connectivity index (χ1v) is 8.52. The van der Waals surface area contributed by atoms with Gasteiger partial charge in [-0.15, -0.1) is 0 Å². The number of rotatable bonds is 2. The maximum Gasteiger partial charge on any atom is 0.674 e. The molecule has 9 N–H and O–H groups in total. The highest BCUT2D eigenvalue weighted by atomic mass is 19.1. The minimum Gasteiger partial charge on any atom is -0.478 e. The first kappa shape index (κ1) is 34.5. The van der Waals surface area contributed by atoms with Gasteiger partial charge < -0.3 is 50.2 Å². The summed E-state index contributed by atoms with van der Waals surface area (Å²) in [5.74, 6) is 0.714. The summed E-state index contributed by atoms with van der Waals surface area (Å²) in [6.45, 7) is 4.22. The molecule has 0 atom stereocenters. The van der Waals surface area contributed by atoms with Crippen LogP contribution in [0.5, 0.6) is 0 Å². The lowest BCUT2D eigenvalue weighted by atomic mass is 10.1. The van der Waals surface area contributed by atoms with Gasteiger partial charge in [-0.05, 0) is 12.5 Å². The molecule has 1 heterocycles. The van der Waals surface area contributed by atoms with E-state index in [2.05, 4.69) is 22.4 Å². The van der Waals surface area contributed by atoms with E-state index in [-0.39, 0.29) is 0 Å². The van der Waals surface area contributed by atoms with Crippen LogP contribution in [0.3, 0.4) is 0 Å². The lowest BCUT2D eigenvalue weighted by molar-refractivity contribution is 0.329. The molecule has 2 rings (SSSR count). The first-order chi connectivity index (χ1) is 14.8. The third-order valence-electron chi connectivity index (χ3n) is 2.34. The van der Waals surface area contributed by atoms with Crippen molar-refractivity contribution in [3.8, 4) is 0 Å². The molecular formula is C13H24B4F4N2O9. The van der Waals surface area contributed by atoms with Crippen LogP contribution in [-0.4, -0.2) is 95.4 Å². The zero-order valence-electron chi connectivity index (χ0n) is 16.8. The Kier molecular flexibility index (Phi) is 25.4. The molecule has 1 aliphatic heterocycles. The number of nitrogens with zero attached hydrogens (tertiary/aromatic N) is 1. The van der Waals surface area contributed by atoms with Crippen LogP contribution in [0.25, 0.3) is 5.70 Å². The second-order valence-corrected chi connectivity index (χ2v) is 4.75. The summed E-state index contributed by atoms with van der Waals surface area (Å²) in [6.07, 6.45) is 1.96. The van der Waals surface area contributed by atoms with Gasteiger partial charge in [-0.2, -0.15) is 0 Å². The number of hydrogen-bond donors (Lipinski definition) is 9. The Balaban J connectivity index is -0.000000432. The number of benzene rings is 1. The summed E-state index contributed by atoms with van der Waals surface area (Å²) in [7, 11) is -10.7. The molecule has 0 saturated heterocycles. The molecule has 0 fully saturated rings. The van der Waals surface area contributed by atoms with Crippen molar-refractivity contribution in [3.63, 3.8) is 0 Å². The Hall–Kier alpha value is -2.11. The summed E-state index contributed by atoms with van der Waals surface area (Å²) in [5.41, 5.74) is 2.24. The largest absolute Gasteiger partial charge is 0.674 e. The van der Waals surface area contributed by atoms with Crippen molar-refractivity contribution in [1.82, 2.24) is 5.32 Å². The Morgan fingerprint density at radius 2 is 1.25 bits per heavy atom. The Bertz CT molecular complexity index is 571. The highest BCUT2D eigenvalue weighted by Crippen LogP contribution is 2.12. The molecule has 11 nitrogen and oxygen atoms in total. The van der Waals surface area contributed by atoms with E-state index < -0.39 is 29.6 Å². The van der Waals surface area contributed by atoms with E-state index >= 15 is 0 Å². The van der Waals surface area contributed by atoms with Gasteiger partial charge in [-0.3, -0.25) is 17.3 Å². The zero-order valence-corrected chi connectivity index (χ0v) is 16.8. The van der Waals surface area contributed by atoms with Gasteiger partial charge in [0.2, 0.25) is 5.90 Å². The summed E-state index contributed by atoms with van der Waals surface area (Å²) < 4.78 is 45.9. The van der Waals surface area contributed by atoms with Crippen molar-refractivity contribution in [2.75, 3.05) is 19.7 Å². The van der Waals surface area contributed by atoms with E-state index in [1.807, 2.05) is 31.2 Å². The van der Waals surface area contributed by atoms with E-state index in [1.54, 1.807) is 0 Å². The van der Waals surface area contributed by atoms with Crippen molar-refractivity contribution in [2.24, 2.45) is 4.99 Å². The van der Waals surface area contributed by atoms with E-state index in [4.69, 9.17) is 44.9 Å². The summed E-state index contributed by atoms with van der Waals surface area (Å²) >= 11 is 0. The SMILES string of the molecule is CCOC1=NCCNC(c2ccccc2)=C1.OB(O)F.OB(O)F.OB(O)F.OB(O)F. The molecule has 0 radical (unpaired) electrons. The van der Waals surface area contributed by atoms with Gasteiger partial charge in [-0.25, -0.2) is 4.99 Å². The number of aliphatic imine (C=N–C) groups is 1. The Labute approximate surface area is 183 Å². The van der Waals surface area contributed by atoms with Crippen molar-refractivity contribution in [2.45, 2.75) is 6.92 Å². The molecule has 0 unspecified atom stereocenters. The van der Waals surface area contributed by atoms with Gasteiger partial charge in [0.05, 0.1) is 13.2 Å². The average molecular weight is 472 g/mol. The first-order valence-electron chi connectivity index (χ1n) is 8.52. The maximum atomic E-state index is 10.1. The molecule has 180 valence electrons. The molecule has 0 aromatic heterocycles. The fourth-order valence-electron chi connectivity index (χ4n) is 1.62. The number of ether oxygens (including phenoxy) is 1. The summed E-state index contributed by atoms with van der Waals surface area (Å²) in [6, 6.07) is 10.2. The van der Waals surface area contributed by atoms with Gasteiger partial charge in [0.25, 0.3) is 0 Å². The van der Waals surface area contributed by atoms with Crippen LogP contribution in [0, 0.1) is 0 Å². The highest BCUT2D eigenvalue weighted by molar-refractivity contribution is 6.32. The molecule has 32 heavy (non-hydrogen) atoms. The van der Waals surface area contributed by atoms with Crippen LogP contribution < -0.4 is 5.32 Å². The normalized spacial score (nSPS) is 11.2. The van der Waals surface area contributed by atoms with Crippen LogP contribution in [0.15, 0.2) is 41.4 Å². The van der Waals surface area contributed by atoms with Crippen molar-refractivity contribution in [3.05, 3.63) is 42.0 Å². The predicted octanol–water partition coefficient (Wildman–Crippen LogP) is -2.23. The average Bonchev–Trinajstić information content (AvgIpc) is 2.87. The Morgan fingerprint density at radius 1 is 0.844 bits per heavy atom. The fraction of sp³-hybridized carbons (Fsp3) is 0.308. The number of nitrogens with one attached hydrogen (secondary N) is 1. The summed E-state index contributed by atoms with van der Waals surface area (Å²) in [4.78, 5) is 4.34. The third kappa shape index (κ3) is 35.3. The quantitative estimate of drug-likeness (QED) is 0.168. The van der Waals surface area contributed by atoms with Gasteiger partial charge in [0, 0.05) is 18.3 Å². The predicted molar refractivity (Wildman–Crippen MR) is 112 cm³/mol. The second kappa shape index (κ2) is 23.6. The monoisotopic (exact) mass is 472 g/mol. The highest BCUT2D eigenvalue weighted by Gasteiger charge is 2.07. The third-order valence-corrected chi connectivity index (χ3v) is 2.34. The van der Waals surface area contributed by atoms with E-state index in [9.17, 15) is 17.3 Å². The van der Waals surface area contributed by atoms with E-state index in [0.717, 1.165) is 24.4 Å². The molecule has 1 aromatic rings. The van der Waals surface area contributed by atoms with Crippen LogP contribution in [0.1, 0.15) is 12.5 Å². The van der Waals surface area contributed by atoms with Gasteiger partial charge >= 0.3 is 29.6 Å². The fourth-order valence-corrected chi connectivity index (χ4v) is 1.62. The van der Waals surface area contributed by atoms with Crippen LogP contribution in [-0.2, 0) is 4.74 Å². The van der Waals surface area contributed by atoms with E-state index in [0.29, 0.717) is 12.5 Å². The molecular weight excluding hydrogens is 447 g/mol. The van der Waals surface area contributed by atoms with Crippen molar-refractivity contribution >= 4 is 41.2 Å². The Morgan fingerprint density at radius 3 is 1.62 bits per heavy atom. The van der Waals surface area contributed by atoms with Crippen LogP contribution in [0.2, 0.25) is 0 Å². The molecule has 1 aliphatic rings. The molecule has 0 saturated carbocycles. The number of hydrogen-bond acceptors (Lipinski definition) is 11. The maximum absolute atomic E-state index is 10.1. The van der Waals surface area contributed by atoms with E-state index in [1.165, 1.54) is 0 Å². The molecule has 0 bridgehead atoms. The lowest BCUT2D eigenvalue weighted by Crippen LogP contribution is -2.14. The second-order valence-electron chi connectivity index (χ2n) is 4.75. The number of halogens is 4.